The van der Waals surface area contributed by atoms with E-state index in [1.54, 1.807) is 7.11 Å². The van der Waals surface area contributed by atoms with Crippen molar-refractivity contribution in [2.24, 2.45) is 0 Å². The van der Waals surface area contributed by atoms with E-state index in [4.69, 9.17) is 4.74 Å². The number of nitrogens with zero attached hydrogens (tertiary/aromatic N) is 4. The molecule has 7 heteroatoms. The van der Waals surface area contributed by atoms with Crippen LogP contribution in [0.15, 0.2) is 0 Å². The molecule has 0 aliphatic carbocycles. The molecule has 0 aliphatic heterocycles. The van der Waals surface area contributed by atoms with E-state index in [0.29, 0.717) is 17.9 Å². The molecule has 114 valence electrons. The minimum atomic E-state index is 0.321. The Kier molecular flexibility index (Phi) is 7.64. The lowest BCUT2D eigenvalue weighted by Crippen LogP contribution is -2.25. The lowest BCUT2D eigenvalue weighted by atomic mass is 10.3. The van der Waals surface area contributed by atoms with Gasteiger partial charge in [-0.05, 0) is 33.0 Å². The number of ether oxygens (including phenoxy) is 1. The number of aromatic nitrogens is 3. The van der Waals surface area contributed by atoms with Gasteiger partial charge in [0.25, 0.3) is 0 Å². The van der Waals surface area contributed by atoms with Gasteiger partial charge in [-0.1, -0.05) is 13.8 Å². The highest BCUT2D eigenvalue weighted by molar-refractivity contribution is 5.35. The van der Waals surface area contributed by atoms with Crippen molar-refractivity contribution in [1.82, 2.24) is 19.9 Å². The average molecular weight is 282 g/mol. The third-order valence-electron chi connectivity index (χ3n) is 2.96. The first-order chi connectivity index (χ1) is 9.73. The van der Waals surface area contributed by atoms with Crippen molar-refractivity contribution in [3.63, 3.8) is 0 Å². The molecule has 0 spiro atoms. The Hall–Kier alpha value is -1.63. The molecule has 0 radical (unpaired) electrons. The van der Waals surface area contributed by atoms with Crippen molar-refractivity contribution in [2.45, 2.75) is 27.2 Å². The van der Waals surface area contributed by atoms with Crippen molar-refractivity contribution in [1.29, 1.82) is 0 Å². The summed E-state index contributed by atoms with van der Waals surface area (Å²) >= 11 is 0. The predicted molar refractivity (Wildman–Crippen MR) is 81.4 cm³/mol. The Morgan fingerprint density at radius 3 is 2.20 bits per heavy atom. The second kappa shape index (κ2) is 9.30. The lowest BCUT2D eigenvalue weighted by Gasteiger charge is -2.17. The molecule has 1 aromatic heterocycles. The predicted octanol–water partition coefficient (Wildman–Crippen LogP) is 1.46. The Morgan fingerprint density at radius 1 is 1.00 bits per heavy atom. The first kappa shape index (κ1) is 16.4. The van der Waals surface area contributed by atoms with Crippen LogP contribution in [0.25, 0.3) is 0 Å². The molecule has 0 bridgehead atoms. The van der Waals surface area contributed by atoms with E-state index in [1.807, 2.05) is 6.92 Å². The third kappa shape index (κ3) is 5.56. The molecule has 0 saturated heterocycles. The summed E-state index contributed by atoms with van der Waals surface area (Å²) in [6.45, 7) is 11.2. The Balaban J connectivity index is 2.48. The van der Waals surface area contributed by atoms with Gasteiger partial charge in [0.1, 0.15) is 0 Å². The van der Waals surface area contributed by atoms with Crippen LogP contribution in [0, 0.1) is 0 Å². The molecule has 1 rings (SSSR count). The van der Waals surface area contributed by atoms with Gasteiger partial charge in [0.05, 0.1) is 7.11 Å². The molecule has 0 amide bonds. The smallest absolute Gasteiger partial charge is 0.322 e. The maximum absolute atomic E-state index is 5.07. The monoisotopic (exact) mass is 282 g/mol. The fourth-order valence-electron chi connectivity index (χ4n) is 1.81. The minimum Gasteiger partial charge on any atom is -0.467 e. The van der Waals surface area contributed by atoms with Gasteiger partial charge in [0, 0.05) is 13.1 Å². The van der Waals surface area contributed by atoms with Crippen LogP contribution < -0.4 is 15.4 Å². The molecule has 20 heavy (non-hydrogen) atoms. The molecule has 0 saturated carbocycles. The molecular formula is C13H26N6O. The Bertz CT molecular complexity index is 383. The van der Waals surface area contributed by atoms with Crippen LogP contribution in [0.2, 0.25) is 0 Å². The maximum atomic E-state index is 5.07. The molecule has 0 aromatic carbocycles. The van der Waals surface area contributed by atoms with E-state index in [0.717, 1.165) is 39.1 Å². The zero-order valence-corrected chi connectivity index (χ0v) is 12.9. The van der Waals surface area contributed by atoms with E-state index in [1.165, 1.54) is 0 Å². The van der Waals surface area contributed by atoms with E-state index in [9.17, 15) is 0 Å². The van der Waals surface area contributed by atoms with Crippen molar-refractivity contribution >= 4 is 11.9 Å². The summed E-state index contributed by atoms with van der Waals surface area (Å²) in [7, 11) is 1.55. The fourth-order valence-corrected chi connectivity index (χ4v) is 1.81. The Labute approximate surface area is 121 Å². The summed E-state index contributed by atoms with van der Waals surface area (Å²) in [4.78, 5) is 15.0. The number of anilines is 2. The van der Waals surface area contributed by atoms with Crippen LogP contribution in [0.4, 0.5) is 11.9 Å². The van der Waals surface area contributed by atoms with Gasteiger partial charge in [0.2, 0.25) is 11.9 Å². The summed E-state index contributed by atoms with van der Waals surface area (Å²) < 4.78 is 5.07. The zero-order valence-electron chi connectivity index (χ0n) is 12.9. The van der Waals surface area contributed by atoms with Gasteiger partial charge in [-0.2, -0.15) is 15.0 Å². The van der Waals surface area contributed by atoms with Crippen LogP contribution in [0.1, 0.15) is 27.2 Å². The normalized spacial score (nSPS) is 10.7. The lowest BCUT2D eigenvalue weighted by molar-refractivity contribution is 0.303. The molecule has 2 N–H and O–H groups in total. The van der Waals surface area contributed by atoms with Crippen molar-refractivity contribution in [3.8, 4) is 6.01 Å². The van der Waals surface area contributed by atoms with Gasteiger partial charge >= 0.3 is 6.01 Å². The highest BCUT2D eigenvalue weighted by atomic mass is 16.5. The quantitative estimate of drug-likeness (QED) is 0.629. The highest BCUT2D eigenvalue weighted by Gasteiger charge is 2.06. The fraction of sp³-hybridized carbons (Fsp3) is 0.769. The van der Waals surface area contributed by atoms with E-state index in [2.05, 4.69) is 44.3 Å². The molecular weight excluding hydrogens is 256 g/mol. The first-order valence-corrected chi connectivity index (χ1v) is 7.23. The molecule has 7 nitrogen and oxygen atoms in total. The summed E-state index contributed by atoms with van der Waals surface area (Å²) in [6.07, 6.45) is 1.05. The number of nitrogens with one attached hydrogen (secondary N) is 2. The molecule has 0 aliphatic rings. The van der Waals surface area contributed by atoms with Crippen molar-refractivity contribution in [3.05, 3.63) is 0 Å². The summed E-state index contributed by atoms with van der Waals surface area (Å²) in [5.74, 6) is 1.08. The van der Waals surface area contributed by atoms with Crippen LogP contribution in [-0.4, -0.2) is 59.7 Å². The van der Waals surface area contributed by atoms with Gasteiger partial charge in [0.15, 0.2) is 0 Å². The first-order valence-electron chi connectivity index (χ1n) is 7.23. The molecule has 0 unspecified atom stereocenters. The maximum Gasteiger partial charge on any atom is 0.322 e. The van der Waals surface area contributed by atoms with E-state index in [-0.39, 0.29) is 0 Å². The number of hydrogen-bond acceptors (Lipinski definition) is 7. The van der Waals surface area contributed by atoms with Crippen molar-refractivity contribution in [2.75, 3.05) is 50.5 Å². The number of hydrogen-bond donors (Lipinski definition) is 2. The van der Waals surface area contributed by atoms with Gasteiger partial charge in [-0.25, -0.2) is 0 Å². The second-order valence-electron chi connectivity index (χ2n) is 4.31. The van der Waals surface area contributed by atoms with Gasteiger partial charge < -0.3 is 20.3 Å². The topological polar surface area (TPSA) is 75.2 Å². The average Bonchev–Trinajstić information content (AvgIpc) is 2.47. The second-order valence-corrected chi connectivity index (χ2v) is 4.31. The SMILES string of the molecule is CCNc1nc(NCCCN(CC)CC)nc(OC)n1. The largest absolute Gasteiger partial charge is 0.467 e. The standard InChI is InChI=1S/C13H26N6O/c1-5-14-11-16-12(18-13(17-11)20-4)15-9-8-10-19(6-2)7-3/h5-10H2,1-4H3,(H2,14,15,16,17,18). The highest BCUT2D eigenvalue weighted by Crippen LogP contribution is 2.10. The number of methoxy groups -OCH3 is 1. The van der Waals surface area contributed by atoms with E-state index < -0.39 is 0 Å². The van der Waals surface area contributed by atoms with Crippen LogP contribution >= 0.6 is 0 Å². The van der Waals surface area contributed by atoms with Gasteiger partial charge in [-0.15, -0.1) is 0 Å². The summed E-state index contributed by atoms with van der Waals surface area (Å²) in [6, 6.07) is 0.321. The number of rotatable bonds is 10. The summed E-state index contributed by atoms with van der Waals surface area (Å²) in [5.41, 5.74) is 0. The van der Waals surface area contributed by atoms with Crippen molar-refractivity contribution < 1.29 is 4.74 Å². The molecule has 1 heterocycles. The third-order valence-corrected chi connectivity index (χ3v) is 2.96. The van der Waals surface area contributed by atoms with E-state index >= 15 is 0 Å². The molecule has 0 atom stereocenters. The molecule has 0 fully saturated rings. The summed E-state index contributed by atoms with van der Waals surface area (Å²) in [5, 5.41) is 6.27. The molecule has 1 aromatic rings. The van der Waals surface area contributed by atoms with Crippen LogP contribution in [-0.2, 0) is 0 Å². The van der Waals surface area contributed by atoms with Crippen LogP contribution in [0.3, 0.4) is 0 Å². The Morgan fingerprint density at radius 2 is 1.65 bits per heavy atom. The van der Waals surface area contributed by atoms with Gasteiger partial charge in [-0.3, -0.25) is 0 Å². The van der Waals surface area contributed by atoms with Crippen LogP contribution in [0.5, 0.6) is 6.01 Å². The zero-order chi connectivity index (χ0) is 14.8. The minimum absolute atomic E-state index is 0.321.